The number of aromatic nitrogens is 2. The zero-order valence-corrected chi connectivity index (χ0v) is 18.8. The van der Waals surface area contributed by atoms with Gasteiger partial charge in [0.15, 0.2) is 0 Å². The van der Waals surface area contributed by atoms with Crippen molar-refractivity contribution in [3.8, 4) is 0 Å². The van der Waals surface area contributed by atoms with Crippen LogP contribution in [0.1, 0.15) is 61.8 Å². The Morgan fingerprint density at radius 2 is 1.81 bits per heavy atom. The second-order valence-electron chi connectivity index (χ2n) is 9.64. The molecule has 2 aliphatic heterocycles. The first kappa shape index (κ1) is 21.2. The molecule has 32 heavy (non-hydrogen) atoms. The molecule has 2 aromatic rings. The van der Waals surface area contributed by atoms with Gasteiger partial charge in [-0.2, -0.15) is 0 Å². The minimum Gasteiger partial charge on any atom is -0.462 e. The van der Waals surface area contributed by atoms with Crippen LogP contribution < -0.4 is 5.69 Å². The summed E-state index contributed by atoms with van der Waals surface area (Å²) in [5.74, 6) is -0.142. The molecule has 0 radical (unpaired) electrons. The van der Waals surface area contributed by atoms with Crippen LogP contribution in [-0.2, 0) is 9.53 Å². The maximum Gasteiger partial charge on any atom is 0.338 e. The first-order chi connectivity index (χ1) is 15.5. The Labute approximate surface area is 187 Å². The van der Waals surface area contributed by atoms with Gasteiger partial charge in [0.25, 0.3) is 0 Å². The number of nitrogens with one attached hydrogen (secondary N) is 1. The number of piperidine rings is 2. The van der Waals surface area contributed by atoms with E-state index in [0.29, 0.717) is 29.6 Å². The van der Waals surface area contributed by atoms with Crippen molar-refractivity contribution in [3.63, 3.8) is 0 Å². The molecule has 1 spiro atoms. The van der Waals surface area contributed by atoms with Crippen LogP contribution in [-0.4, -0.2) is 70.6 Å². The first-order valence-electron chi connectivity index (χ1n) is 11.9. The van der Waals surface area contributed by atoms with Crippen LogP contribution in [0.2, 0.25) is 0 Å². The van der Waals surface area contributed by atoms with Gasteiger partial charge in [-0.05, 0) is 69.1 Å². The number of imidazole rings is 1. The summed E-state index contributed by atoms with van der Waals surface area (Å²) < 4.78 is 6.87. The molecule has 0 bridgehead atoms. The van der Waals surface area contributed by atoms with Crippen molar-refractivity contribution >= 4 is 22.9 Å². The number of esters is 1. The number of likely N-dealkylation sites (tertiary alicyclic amines) is 2. The van der Waals surface area contributed by atoms with E-state index in [1.807, 2.05) is 15.5 Å². The predicted octanol–water partition coefficient (Wildman–Crippen LogP) is 2.55. The molecule has 3 aliphatic rings. The second-order valence-corrected chi connectivity index (χ2v) is 9.64. The zero-order valence-electron chi connectivity index (χ0n) is 18.8. The van der Waals surface area contributed by atoms with Gasteiger partial charge in [-0.3, -0.25) is 14.3 Å². The van der Waals surface area contributed by atoms with Gasteiger partial charge in [-0.25, -0.2) is 9.59 Å². The standard InChI is InChI=1S/C24H32N4O4/c1-2-32-22(30)17-3-4-20-19(15-17)25-23(31)28(20)18-5-11-26(12-6-18)16-21(29)27-13-9-24(7-8-24)10-14-27/h3-4,15,18H,2,5-14,16H2,1H3,(H,25,31). The fraction of sp³-hybridized carbons (Fsp3) is 0.625. The minimum absolute atomic E-state index is 0.0840. The average molecular weight is 441 g/mol. The third-order valence-electron chi connectivity index (χ3n) is 7.64. The molecule has 3 fully saturated rings. The van der Waals surface area contributed by atoms with E-state index in [1.54, 1.807) is 19.1 Å². The van der Waals surface area contributed by atoms with Crippen molar-refractivity contribution in [2.75, 3.05) is 39.3 Å². The molecule has 8 nitrogen and oxygen atoms in total. The number of carbonyl (C=O) groups excluding carboxylic acids is 2. The third kappa shape index (κ3) is 4.08. The van der Waals surface area contributed by atoms with Crippen LogP contribution in [0.25, 0.3) is 11.0 Å². The average Bonchev–Trinajstić information content (AvgIpc) is 3.46. The first-order valence-corrected chi connectivity index (χ1v) is 11.9. The smallest absolute Gasteiger partial charge is 0.338 e. The maximum atomic E-state index is 12.8. The van der Waals surface area contributed by atoms with Crippen LogP contribution in [0.15, 0.2) is 23.0 Å². The van der Waals surface area contributed by atoms with Crippen molar-refractivity contribution in [2.24, 2.45) is 5.41 Å². The highest BCUT2D eigenvalue weighted by molar-refractivity contribution is 5.93. The maximum absolute atomic E-state index is 12.8. The summed E-state index contributed by atoms with van der Waals surface area (Å²) in [6.45, 7) is 5.98. The lowest BCUT2D eigenvalue weighted by molar-refractivity contribution is -0.134. The van der Waals surface area contributed by atoms with Gasteiger partial charge in [-0.1, -0.05) is 0 Å². The Hall–Kier alpha value is -2.61. The van der Waals surface area contributed by atoms with Crippen molar-refractivity contribution in [1.29, 1.82) is 0 Å². The third-order valence-corrected chi connectivity index (χ3v) is 7.64. The van der Waals surface area contributed by atoms with Gasteiger partial charge in [0.2, 0.25) is 5.91 Å². The Kier molecular flexibility index (Phi) is 5.57. The van der Waals surface area contributed by atoms with E-state index in [4.69, 9.17) is 4.74 Å². The molecular formula is C24H32N4O4. The summed E-state index contributed by atoms with van der Waals surface area (Å²) in [6, 6.07) is 5.30. The molecule has 1 aliphatic carbocycles. The molecule has 1 aromatic carbocycles. The van der Waals surface area contributed by atoms with Crippen LogP contribution in [0, 0.1) is 5.41 Å². The second kappa shape index (κ2) is 8.39. The molecule has 1 saturated carbocycles. The number of hydrogen-bond donors (Lipinski definition) is 1. The molecule has 172 valence electrons. The quantitative estimate of drug-likeness (QED) is 0.722. The zero-order chi connectivity index (χ0) is 22.3. The number of rotatable bonds is 5. The van der Waals surface area contributed by atoms with E-state index in [9.17, 15) is 14.4 Å². The van der Waals surface area contributed by atoms with Gasteiger partial charge in [0, 0.05) is 32.2 Å². The fourth-order valence-corrected chi connectivity index (χ4v) is 5.37. The van der Waals surface area contributed by atoms with Crippen LogP contribution >= 0.6 is 0 Å². The molecule has 1 N–H and O–H groups in total. The van der Waals surface area contributed by atoms with E-state index in [-0.39, 0.29) is 23.6 Å². The van der Waals surface area contributed by atoms with Crippen molar-refractivity contribution in [1.82, 2.24) is 19.4 Å². The van der Waals surface area contributed by atoms with Gasteiger partial charge < -0.3 is 14.6 Å². The normalized spacial score (nSPS) is 21.2. The summed E-state index contributed by atoms with van der Waals surface area (Å²) in [4.78, 5) is 44.6. The number of aromatic amines is 1. The summed E-state index contributed by atoms with van der Waals surface area (Å²) in [5, 5.41) is 0. The highest BCUT2D eigenvalue weighted by Crippen LogP contribution is 2.53. The van der Waals surface area contributed by atoms with E-state index < -0.39 is 0 Å². The number of fused-ring (bicyclic) bond motifs is 1. The lowest BCUT2D eigenvalue weighted by Crippen LogP contribution is -2.46. The number of carbonyl (C=O) groups is 2. The predicted molar refractivity (Wildman–Crippen MR) is 121 cm³/mol. The SMILES string of the molecule is CCOC(=O)c1ccc2c(c1)[nH]c(=O)n2C1CCN(CC(=O)N2CCC3(CC2)CC3)CC1. The molecule has 0 atom stereocenters. The Morgan fingerprint density at radius 1 is 1.09 bits per heavy atom. The van der Waals surface area contributed by atoms with Gasteiger partial charge in [0.05, 0.1) is 29.7 Å². The van der Waals surface area contributed by atoms with Crippen molar-refractivity contribution < 1.29 is 14.3 Å². The van der Waals surface area contributed by atoms with E-state index in [2.05, 4.69) is 9.88 Å². The summed E-state index contributed by atoms with van der Waals surface area (Å²) in [6.07, 6.45) is 6.68. The Balaban J connectivity index is 1.20. The number of amides is 1. The molecule has 8 heteroatoms. The highest BCUT2D eigenvalue weighted by Gasteiger charge is 2.45. The Morgan fingerprint density at radius 3 is 2.47 bits per heavy atom. The monoisotopic (exact) mass is 440 g/mol. The van der Waals surface area contributed by atoms with E-state index in [0.717, 1.165) is 44.5 Å². The Bertz CT molecular complexity index is 1070. The molecule has 0 unspecified atom stereocenters. The number of H-pyrrole nitrogens is 1. The number of nitrogens with zero attached hydrogens (tertiary/aromatic N) is 3. The molecule has 1 amide bonds. The van der Waals surface area contributed by atoms with Gasteiger partial charge in [-0.15, -0.1) is 0 Å². The van der Waals surface area contributed by atoms with Gasteiger partial charge in [0.1, 0.15) is 0 Å². The van der Waals surface area contributed by atoms with E-state index >= 15 is 0 Å². The van der Waals surface area contributed by atoms with E-state index in [1.165, 1.54) is 25.7 Å². The molecule has 1 aromatic heterocycles. The lowest BCUT2D eigenvalue weighted by Gasteiger charge is -2.36. The summed E-state index contributed by atoms with van der Waals surface area (Å²) in [5.41, 5.74) is 2.32. The largest absolute Gasteiger partial charge is 0.462 e. The highest BCUT2D eigenvalue weighted by atomic mass is 16.5. The van der Waals surface area contributed by atoms with Crippen LogP contribution in [0.5, 0.6) is 0 Å². The number of benzene rings is 1. The fourth-order valence-electron chi connectivity index (χ4n) is 5.37. The van der Waals surface area contributed by atoms with Crippen molar-refractivity contribution in [2.45, 2.75) is 51.5 Å². The molecular weight excluding hydrogens is 408 g/mol. The molecule has 5 rings (SSSR count). The number of hydrogen-bond acceptors (Lipinski definition) is 5. The van der Waals surface area contributed by atoms with Gasteiger partial charge >= 0.3 is 11.7 Å². The summed E-state index contributed by atoms with van der Waals surface area (Å²) in [7, 11) is 0. The molecule has 3 heterocycles. The van der Waals surface area contributed by atoms with Crippen LogP contribution in [0.4, 0.5) is 0 Å². The minimum atomic E-state index is -0.387. The number of ether oxygens (including phenoxy) is 1. The lowest BCUT2D eigenvalue weighted by atomic mass is 9.93. The molecule has 2 saturated heterocycles. The topological polar surface area (TPSA) is 87.6 Å². The van der Waals surface area contributed by atoms with Crippen molar-refractivity contribution in [3.05, 3.63) is 34.2 Å². The summed E-state index contributed by atoms with van der Waals surface area (Å²) >= 11 is 0. The van der Waals surface area contributed by atoms with Crippen LogP contribution in [0.3, 0.4) is 0 Å².